The van der Waals surface area contributed by atoms with E-state index in [1.165, 1.54) is 12.8 Å². The van der Waals surface area contributed by atoms with Gasteiger partial charge in [0.1, 0.15) is 0 Å². The Hall–Kier alpha value is -0.740. The van der Waals surface area contributed by atoms with Crippen molar-refractivity contribution < 1.29 is 14.6 Å². The molecule has 0 aromatic heterocycles. The van der Waals surface area contributed by atoms with Crippen molar-refractivity contribution in [2.24, 2.45) is 11.8 Å². The van der Waals surface area contributed by atoms with Gasteiger partial charge in [-0.1, -0.05) is 35.7 Å². The second-order valence-corrected chi connectivity index (χ2v) is 6.74. The van der Waals surface area contributed by atoms with E-state index in [0.717, 1.165) is 34.4 Å². The fourth-order valence-corrected chi connectivity index (χ4v) is 3.86. The lowest BCUT2D eigenvalue weighted by Crippen LogP contribution is -2.15. The molecule has 0 amide bonds. The smallest absolute Gasteiger partial charge is 0.162 e. The summed E-state index contributed by atoms with van der Waals surface area (Å²) < 4.78 is 12.3. The van der Waals surface area contributed by atoms with E-state index in [9.17, 15) is 5.11 Å². The molecule has 3 rings (SSSR count). The topological polar surface area (TPSA) is 38.7 Å². The summed E-state index contributed by atoms with van der Waals surface area (Å²) >= 11 is 3.57. The molecule has 1 N–H and O–H groups in total. The van der Waals surface area contributed by atoms with Gasteiger partial charge in [0.2, 0.25) is 0 Å². The van der Waals surface area contributed by atoms with E-state index < -0.39 is 6.10 Å². The predicted molar refractivity (Wildman–Crippen MR) is 81.2 cm³/mol. The molecule has 1 fully saturated rings. The third kappa shape index (κ3) is 2.68. The first kappa shape index (κ1) is 14.2. The van der Waals surface area contributed by atoms with Crippen LogP contribution < -0.4 is 9.47 Å². The molecule has 2 aliphatic rings. The number of hydrogen-bond donors (Lipinski definition) is 1. The summed E-state index contributed by atoms with van der Waals surface area (Å²) in [7, 11) is 0. The Balaban J connectivity index is 1.91. The molecule has 4 heteroatoms. The first-order valence-corrected chi connectivity index (χ1v) is 8.23. The molecule has 110 valence electrons. The number of aliphatic hydroxyl groups excluding tert-OH is 1. The lowest BCUT2D eigenvalue weighted by molar-refractivity contribution is 0.0891. The Morgan fingerprint density at radius 1 is 1.15 bits per heavy atom. The van der Waals surface area contributed by atoms with Crippen molar-refractivity contribution in [2.75, 3.05) is 13.2 Å². The number of ether oxygens (including phenoxy) is 2. The number of rotatable bonds is 2. The quantitative estimate of drug-likeness (QED) is 0.881. The van der Waals surface area contributed by atoms with Gasteiger partial charge in [-0.05, 0) is 36.0 Å². The average Bonchev–Trinajstić information content (AvgIpc) is 2.72. The van der Waals surface area contributed by atoms with Gasteiger partial charge in [0, 0.05) is 10.9 Å². The molecule has 3 unspecified atom stereocenters. The van der Waals surface area contributed by atoms with Gasteiger partial charge < -0.3 is 14.6 Å². The van der Waals surface area contributed by atoms with Crippen molar-refractivity contribution in [3.05, 3.63) is 22.2 Å². The van der Waals surface area contributed by atoms with Gasteiger partial charge in [-0.3, -0.25) is 0 Å². The van der Waals surface area contributed by atoms with Gasteiger partial charge in [-0.2, -0.15) is 0 Å². The third-order valence-corrected chi connectivity index (χ3v) is 5.21. The maximum absolute atomic E-state index is 10.7. The minimum atomic E-state index is -0.431. The van der Waals surface area contributed by atoms with Gasteiger partial charge in [-0.15, -0.1) is 0 Å². The van der Waals surface area contributed by atoms with Crippen molar-refractivity contribution in [3.63, 3.8) is 0 Å². The van der Waals surface area contributed by atoms with Gasteiger partial charge in [0.15, 0.2) is 11.5 Å². The van der Waals surface area contributed by atoms with Crippen molar-refractivity contribution in [1.29, 1.82) is 0 Å². The Bertz CT molecular complexity index is 489. The molecule has 0 spiro atoms. The van der Waals surface area contributed by atoms with Crippen LogP contribution in [0.25, 0.3) is 0 Å². The lowest BCUT2D eigenvalue weighted by Gasteiger charge is -2.24. The van der Waals surface area contributed by atoms with Crippen molar-refractivity contribution in [2.45, 2.75) is 38.7 Å². The van der Waals surface area contributed by atoms with Gasteiger partial charge >= 0.3 is 0 Å². The van der Waals surface area contributed by atoms with Crippen LogP contribution in [0.4, 0.5) is 0 Å². The lowest BCUT2D eigenvalue weighted by atomic mass is 9.88. The van der Waals surface area contributed by atoms with E-state index in [4.69, 9.17) is 9.47 Å². The highest BCUT2D eigenvalue weighted by Crippen LogP contribution is 2.44. The first-order chi connectivity index (χ1) is 9.66. The second kappa shape index (κ2) is 5.94. The fraction of sp³-hybridized carbons (Fsp3) is 0.625. The van der Waals surface area contributed by atoms with E-state index in [2.05, 4.69) is 22.9 Å². The summed E-state index contributed by atoms with van der Waals surface area (Å²) in [5, 5.41) is 10.7. The number of benzene rings is 1. The van der Waals surface area contributed by atoms with Crippen molar-refractivity contribution >= 4 is 15.9 Å². The molecule has 0 radical (unpaired) electrons. The van der Waals surface area contributed by atoms with Crippen LogP contribution in [0.3, 0.4) is 0 Å². The summed E-state index contributed by atoms with van der Waals surface area (Å²) in [5.74, 6) is 2.44. The Kier molecular flexibility index (Phi) is 4.22. The SMILES string of the molecule is CC1CCCC1C(O)c1cc2c(cc1Br)OCCCO2. The van der Waals surface area contributed by atoms with E-state index in [-0.39, 0.29) is 0 Å². The second-order valence-electron chi connectivity index (χ2n) is 5.89. The largest absolute Gasteiger partial charge is 0.490 e. The summed E-state index contributed by atoms with van der Waals surface area (Å²) in [5.41, 5.74) is 0.924. The van der Waals surface area contributed by atoms with Gasteiger partial charge in [-0.25, -0.2) is 0 Å². The monoisotopic (exact) mass is 340 g/mol. The highest BCUT2D eigenvalue weighted by Gasteiger charge is 2.32. The molecular formula is C16H21BrO3. The molecule has 1 aromatic rings. The van der Waals surface area contributed by atoms with Crippen LogP contribution in [-0.2, 0) is 0 Å². The summed E-state index contributed by atoms with van der Waals surface area (Å²) in [6.07, 6.45) is 3.99. The number of hydrogen-bond acceptors (Lipinski definition) is 3. The molecule has 0 bridgehead atoms. The highest BCUT2D eigenvalue weighted by molar-refractivity contribution is 9.10. The zero-order valence-corrected chi connectivity index (χ0v) is 13.4. The molecule has 3 atom stereocenters. The molecule has 1 aromatic carbocycles. The van der Waals surface area contributed by atoms with E-state index in [1.807, 2.05) is 12.1 Å². The Morgan fingerprint density at radius 3 is 2.50 bits per heavy atom. The molecule has 20 heavy (non-hydrogen) atoms. The highest BCUT2D eigenvalue weighted by atomic mass is 79.9. The fourth-order valence-electron chi connectivity index (χ4n) is 3.30. The number of fused-ring (bicyclic) bond motifs is 1. The summed E-state index contributed by atoms with van der Waals surface area (Å²) in [4.78, 5) is 0. The Labute approximate surface area is 128 Å². The van der Waals surface area contributed by atoms with Crippen LogP contribution in [0.15, 0.2) is 16.6 Å². The molecule has 3 nitrogen and oxygen atoms in total. The van der Waals surface area contributed by atoms with Crippen LogP contribution in [-0.4, -0.2) is 18.3 Å². The molecule has 1 aliphatic heterocycles. The van der Waals surface area contributed by atoms with Crippen LogP contribution in [0.1, 0.15) is 44.3 Å². The molecule has 1 saturated carbocycles. The first-order valence-electron chi connectivity index (χ1n) is 7.44. The predicted octanol–water partition coefficient (Wildman–Crippen LogP) is 4.08. The molecule has 1 heterocycles. The maximum Gasteiger partial charge on any atom is 0.162 e. The van der Waals surface area contributed by atoms with E-state index in [0.29, 0.717) is 25.0 Å². The third-order valence-electron chi connectivity index (χ3n) is 4.52. The normalized spacial score (nSPS) is 27.1. The molecule has 1 aliphatic carbocycles. The molecule has 0 saturated heterocycles. The van der Waals surface area contributed by atoms with Crippen molar-refractivity contribution in [3.8, 4) is 11.5 Å². The number of aliphatic hydroxyl groups is 1. The van der Waals surface area contributed by atoms with Crippen LogP contribution in [0.2, 0.25) is 0 Å². The van der Waals surface area contributed by atoms with Crippen molar-refractivity contribution in [1.82, 2.24) is 0 Å². The van der Waals surface area contributed by atoms with E-state index in [1.54, 1.807) is 0 Å². The van der Waals surface area contributed by atoms with Gasteiger partial charge in [0.25, 0.3) is 0 Å². The van der Waals surface area contributed by atoms with E-state index >= 15 is 0 Å². The maximum atomic E-state index is 10.7. The minimum Gasteiger partial charge on any atom is -0.490 e. The average molecular weight is 341 g/mol. The van der Waals surface area contributed by atoms with Crippen LogP contribution in [0, 0.1) is 11.8 Å². The zero-order valence-electron chi connectivity index (χ0n) is 11.8. The van der Waals surface area contributed by atoms with Gasteiger partial charge in [0.05, 0.1) is 19.3 Å². The standard InChI is InChI=1S/C16H21BrO3/c1-10-4-2-5-11(10)16(18)12-8-14-15(9-13(12)17)20-7-3-6-19-14/h8-11,16,18H,2-7H2,1H3. The van der Waals surface area contributed by atoms with Crippen LogP contribution >= 0.6 is 15.9 Å². The summed E-state index contributed by atoms with van der Waals surface area (Å²) in [6, 6.07) is 3.87. The summed E-state index contributed by atoms with van der Waals surface area (Å²) in [6.45, 7) is 3.59. The minimum absolute atomic E-state index is 0.344. The van der Waals surface area contributed by atoms with Crippen LogP contribution in [0.5, 0.6) is 11.5 Å². The molecular weight excluding hydrogens is 320 g/mol. The zero-order chi connectivity index (χ0) is 14.1. The Morgan fingerprint density at radius 2 is 1.85 bits per heavy atom. The number of halogens is 1.